The van der Waals surface area contributed by atoms with E-state index in [9.17, 15) is 0 Å². The molecule has 1 N–H and O–H groups in total. The molecule has 1 unspecified atom stereocenters. The van der Waals surface area contributed by atoms with Crippen LogP contribution in [0.3, 0.4) is 0 Å². The number of hydrogen-bond acceptors (Lipinski definition) is 4. The van der Waals surface area contributed by atoms with E-state index < -0.39 is 0 Å². The highest BCUT2D eigenvalue weighted by molar-refractivity contribution is 7.80. The molecule has 5 rings (SSSR count). The van der Waals surface area contributed by atoms with Gasteiger partial charge in [0.1, 0.15) is 0 Å². The summed E-state index contributed by atoms with van der Waals surface area (Å²) in [7, 11) is 0. The predicted molar refractivity (Wildman–Crippen MR) is 139 cm³/mol. The average Bonchev–Trinajstić information content (AvgIpc) is 3.33. The minimum atomic E-state index is -0.275. The number of aryl methyl sites for hydroxylation is 1. The van der Waals surface area contributed by atoms with Gasteiger partial charge in [0, 0.05) is 16.3 Å². The van der Waals surface area contributed by atoms with Crippen molar-refractivity contribution in [3.8, 4) is 11.4 Å². The van der Waals surface area contributed by atoms with Gasteiger partial charge in [0.05, 0.1) is 18.2 Å². The largest absolute Gasteiger partial charge is 0.351 e. The molecule has 0 aliphatic carbocycles. The minimum Gasteiger partial charge on any atom is -0.351 e. The number of halogens is 1. The molecule has 1 aromatic heterocycles. The van der Waals surface area contributed by atoms with Gasteiger partial charge in [0.25, 0.3) is 5.89 Å². The van der Waals surface area contributed by atoms with Gasteiger partial charge < -0.3 is 14.7 Å². The highest BCUT2D eigenvalue weighted by atomic mass is 35.5. The summed E-state index contributed by atoms with van der Waals surface area (Å²) in [4.78, 5) is 6.84. The number of allylic oxidation sites excluding steroid dienone is 1. The van der Waals surface area contributed by atoms with Crippen LogP contribution in [0.2, 0.25) is 5.02 Å². The quantitative estimate of drug-likeness (QED) is 0.322. The molecule has 0 fully saturated rings. The average molecular weight is 487 g/mol. The van der Waals surface area contributed by atoms with E-state index in [1.165, 1.54) is 11.1 Å². The second kappa shape index (κ2) is 9.41. The van der Waals surface area contributed by atoms with E-state index in [0.717, 1.165) is 22.4 Å². The van der Waals surface area contributed by atoms with Crippen molar-refractivity contribution in [1.82, 2.24) is 20.4 Å². The minimum absolute atomic E-state index is 0.275. The van der Waals surface area contributed by atoms with E-state index in [4.69, 9.17) is 33.3 Å². The lowest BCUT2D eigenvalue weighted by atomic mass is 9.94. The summed E-state index contributed by atoms with van der Waals surface area (Å²) in [6, 6.07) is 25.6. The zero-order valence-electron chi connectivity index (χ0n) is 18.8. The van der Waals surface area contributed by atoms with E-state index in [2.05, 4.69) is 34.4 Å². The first-order valence-electron chi connectivity index (χ1n) is 11.0. The van der Waals surface area contributed by atoms with E-state index in [0.29, 0.717) is 28.4 Å². The van der Waals surface area contributed by atoms with Gasteiger partial charge >= 0.3 is 0 Å². The summed E-state index contributed by atoms with van der Waals surface area (Å²) in [5, 5.41) is 9.04. The van der Waals surface area contributed by atoms with Gasteiger partial charge in [-0.1, -0.05) is 83.5 Å². The second-order valence-electron chi connectivity index (χ2n) is 8.24. The summed E-state index contributed by atoms with van der Waals surface area (Å²) >= 11 is 12.2. The van der Waals surface area contributed by atoms with Crippen LogP contribution in [0, 0.1) is 6.92 Å². The fraction of sp³-hybridized carbons (Fsp3) is 0.148. The Hall–Kier alpha value is -3.48. The molecule has 1 aliphatic rings. The molecule has 0 amide bonds. The fourth-order valence-electron chi connectivity index (χ4n) is 4.18. The van der Waals surface area contributed by atoms with Crippen molar-refractivity contribution in [1.29, 1.82) is 0 Å². The molecule has 0 saturated carbocycles. The summed E-state index contributed by atoms with van der Waals surface area (Å²) in [6.07, 6.45) is 0. The highest BCUT2D eigenvalue weighted by Crippen LogP contribution is 2.38. The van der Waals surface area contributed by atoms with Crippen LogP contribution < -0.4 is 5.32 Å². The zero-order chi connectivity index (χ0) is 23.7. The number of benzene rings is 3. The second-order valence-corrected chi connectivity index (χ2v) is 9.06. The Balaban J connectivity index is 1.62. The standard InChI is InChI=1S/C27H23ClN4OS/c1-17-9-6-7-12-21(17)16-32-18(2)23(24(29-27(32)34)20-13-8-14-22(28)15-20)26-30-25(31-33-26)19-10-4-3-5-11-19/h3-15,24H,16H2,1-2H3,(H,29,34). The first-order valence-corrected chi connectivity index (χ1v) is 11.8. The third-order valence-corrected chi connectivity index (χ3v) is 6.63. The highest BCUT2D eigenvalue weighted by Gasteiger charge is 2.34. The van der Waals surface area contributed by atoms with Crippen molar-refractivity contribution in [3.05, 3.63) is 112 Å². The van der Waals surface area contributed by atoms with Crippen molar-refractivity contribution in [3.63, 3.8) is 0 Å². The summed E-state index contributed by atoms with van der Waals surface area (Å²) < 4.78 is 5.81. The van der Waals surface area contributed by atoms with Crippen molar-refractivity contribution in [2.75, 3.05) is 0 Å². The maximum Gasteiger partial charge on any atom is 0.258 e. The third kappa shape index (κ3) is 4.34. The molecule has 3 aromatic carbocycles. The molecule has 0 saturated heterocycles. The van der Waals surface area contributed by atoms with Crippen LogP contribution >= 0.6 is 23.8 Å². The Kier molecular flexibility index (Phi) is 6.18. The molecule has 170 valence electrons. The van der Waals surface area contributed by atoms with E-state index >= 15 is 0 Å². The lowest BCUT2D eigenvalue weighted by molar-refractivity contribution is 0.396. The van der Waals surface area contributed by atoms with Crippen LogP contribution in [0.5, 0.6) is 0 Å². The van der Waals surface area contributed by atoms with Gasteiger partial charge in [-0.25, -0.2) is 0 Å². The van der Waals surface area contributed by atoms with Crippen molar-refractivity contribution < 1.29 is 4.52 Å². The Morgan fingerprint density at radius 2 is 1.76 bits per heavy atom. The monoisotopic (exact) mass is 486 g/mol. The summed E-state index contributed by atoms with van der Waals surface area (Å²) in [6.45, 7) is 4.79. The molecule has 34 heavy (non-hydrogen) atoms. The van der Waals surface area contributed by atoms with Gasteiger partial charge in [0.2, 0.25) is 5.82 Å². The number of rotatable bonds is 5. The normalized spacial score (nSPS) is 16.0. The first-order chi connectivity index (χ1) is 16.5. The molecule has 1 atom stereocenters. The number of nitrogens with zero attached hydrogens (tertiary/aromatic N) is 3. The Bertz CT molecular complexity index is 1380. The molecule has 0 bridgehead atoms. The molecule has 4 aromatic rings. The molecule has 7 heteroatoms. The van der Waals surface area contributed by atoms with Crippen molar-refractivity contribution in [2.24, 2.45) is 0 Å². The Morgan fingerprint density at radius 1 is 1.00 bits per heavy atom. The summed E-state index contributed by atoms with van der Waals surface area (Å²) in [5.41, 5.74) is 6.10. The van der Waals surface area contributed by atoms with Crippen LogP contribution in [-0.2, 0) is 6.54 Å². The molecule has 2 heterocycles. The lowest BCUT2D eigenvalue weighted by Crippen LogP contribution is -2.45. The molecule has 0 radical (unpaired) electrons. The predicted octanol–water partition coefficient (Wildman–Crippen LogP) is 6.56. The van der Waals surface area contributed by atoms with Gasteiger partial charge in [-0.15, -0.1) is 0 Å². The van der Waals surface area contributed by atoms with Crippen LogP contribution in [0.15, 0.2) is 89.1 Å². The van der Waals surface area contributed by atoms with Crippen LogP contribution in [-0.4, -0.2) is 20.2 Å². The summed E-state index contributed by atoms with van der Waals surface area (Å²) in [5.74, 6) is 0.991. The van der Waals surface area contributed by atoms with E-state index in [1.54, 1.807) is 0 Å². The molecule has 1 aliphatic heterocycles. The van der Waals surface area contributed by atoms with Crippen LogP contribution in [0.4, 0.5) is 0 Å². The first kappa shape index (κ1) is 22.3. The van der Waals surface area contributed by atoms with Crippen LogP contribution in [0.1, 0.15) is 35.5 Å². The van der Waals surface area contributed by atoms with Gasteiger partial charge in [0.15, 0.2) is 5.11 Å². The SMILES string of the molecule is CC1=C(c2nc(-c3ccccc3)no2)C(c2cccc(Cl)c2)NC(=S)N1Cc1ccccc1C. The zero-order valence-corrected chi connectivity index (χ0v) is 20.4. The third-order valence-electron chi connectivity index (χ3n) is 6.06. The Morgan fingerprint density at radius 3 is 2.53 bits per heavy atom. The maximum atomic E-state index is 6.33. The number of nitrogens with one attached hydrogen (secondary N) is 1. The number of thiocarbonyl (C=S) groups is 1. The Labute approximate surface area is 209 Å². The molecular formula is C27H23ClN4OS. The number of hydrogen-bond donors (Lipinski definition) is 1. The van der Waals surface area contributed by atoms with Crippen LogP contribution in [0.25, 0.3) is 17.0 Å². The fourth-order valence-corrected chi connectivity index (χ4v) is 4.70. The smallest absolute Gasteiger partial charge is 0.258 e. The van der Waals surface area contributed by atoms with Crippen molar-refractivity contribution >= 4 is 34.5 Å². The van der Waals surface area contributed by atoms with Crippen molar-refractivity contribution in [2.45, 2.75) is 26.4 Å². The maximum absolute atomic E-state index is 6.33. The van der Waals surface area contributed by atoms with Gasteiger partial charge in [-0.05, 0) is 54.9 Å². The van der Waals surface area contributed by atoms with E-state index in [1.807, 2.05) is 73.7 Å². The van der Waals surface area contributed by atoms with Gasteiger partial charge in [-0.2, -0.15) is 4.98 Å². The lowest BCUT2D eigenvalue weighted by Gasteiger charge is -2.37. The topological polar surface area (TPSA) is 54.2 Å². The van der Waals surface area contributed by atoms with Gasteiger partial charge in [-0.3, -0.25) is 0 Å². The molecule has 5 nitrogen and oxygen atoms in total. The molecule has 0 spiro atoms. The molecular weight excluding hydrogens is 464 g/mol. The van der Waals surface area contributed by atoms with E-state index in [-0.39, 0.29) is 6.04 Å². The number of aromatic nitrogens is 2.